The summed E-state index contributed by atoms with van der Waals surface area (Å²) in [5.74, 6) is -2.07. The molecule has 0 saturated heterocycles. The van der Waals surface area contributed by atoms with Gasteiger partial charge in [-0.2, -0.15) is 0 Å². The van der Waals surface area contributed by atoms with Gasteiger partial charge in [0.05, 0.1) is 12.1 Å². The van der Waals surface area contributed by atoms with Gasteiger partial charge in [0.2, 0.25) is 0 Å². The van der Waals surface area contributed by atoms with Crippen LogP contribution >= 0.6 is 0 Å². The molecule has 8 nitrogen and oxygen atoms in total. The molecular formula is C12H14N4O4S. The molecule has 1 atom stereocenters. The average molecular weight is 310 g/mol. The molecular weight excluding hydrogens is 296 g/mol. The highest BCUT2D eigenvalue weighted by atomic mass is 32.2. The minimum Gasteiger partial charge on any atom is -0.481 e. The smallest absolute Gasteiger partial charge is 0.312 e. The lowest BCUT2D eigenvalue weighted by molar-refractivity contribution is -0.138. The molecule has 0 fully saturated rings. The largest absolute Gasteiger partial charge is 0.481 e. The molecule has 112 valence electrons. The van der Waals surface area contributed by atoms with E-state index in [4.69, 9.17) is 0 Å². The van der Waals surface area contributed by atoms with Crippen molar-refractivity contribution in [3.05, 3.63) is 42.1 Å². The summed E-state index contributed by atoms with van der Waals surface area (Å²) in [6.45, 7) is -0.257. The summed E-state index contributed by atoms with van der Waals surface area (Å²) >= 11 is 0. The Balaban J connectivity index is 2.17. The van der Waals surface area contributed by atoms with Crippen molar-refractivity contribution in [1.82, 2.24) is 19.7 Å². The Morgan fingerprint density at radius 2 is 2.05 bits per heavy atom. The zero-order chi connectivity index (χ0) is 15.5. The van der Waals surface area contributed by atoms with Crippen LogP contribution in [0.15, 0.2) is 41.6 Å². The third kappa shape index (κ3) is 3.44. The minimum atomic E-state index is -3.86. The number of hydrogen-bond donors (Lipinski definition) is 2. The molecule has 1 aromatic heterocycles. The SMILES string of the molecule is Cn1nncc1S(=O)(=O)NCC(C(=O)O)c1ccccc1. The second-order valence-corrected chi connectivity index (χ2v) is 6.06. The summed E-state index contributed by atoms with van der Waals surface area (Å²) in [7, 11) is -2.42. The van der Waals surface area contributed by atoms with E-state index >= 15 is 0 Å². The molecule has 1 heterocycles. The zero-order valence-corrected chi connectivity index (χ0v) is 12.0. The maximum absolute atomic E-state index is 12.1. The van der Waals surface area contributed by atoms with Crippen molar-refractivity contribution in [2.45, 2.75) is 10.9 Å². The van der Waals surface area contributed by atoms with Gasteiger partial charge < -0.3 is 5.11 Å². The van der Waals surface area contributed by atoms with E-state index < -0.39 is 21.9 Å². The predicted molar refractivity (Wildman–Crippen MR) is 73.0 cm³/mol. The van der Waals surface area contributed by atoms with Gasteiger partial charge >= 0.3 is 5.97 Å². The highest BCUT2D eigenvalue weighted by molar-refractivity contribution is 7.89. The van der Waals surface area contributed by atoms with Gasteiger partial charge in [-0.15, -0.1) is 5.10 Å². The first-order chi connectivity index (χ1) is 9.92. The van der Waals surface area contributed by atoms with E-state index in [0.717, 1.165) is 10.9 Å². The fourth-order valence-electron chi connectivity index (χ4n) is 1.82. The van der Waals surface area contributed by atoms with Crippen LogP contribution in [0.2, 0.25) is 0 Å². The van der Waals surface area contributed by atoms with Crippen LogP contribution in [0.4, 0.5) is 0 Å². The minimum absolute atomic E-state index is 0.125. The van der Waals surface area contributed by atoms with Gasteiger partial charge in [0.1, 0.15) is 0 Å². The fourth-order valence-corrected chi connectivity index (χ4v) is 2.93. The summed E-state index contributed by atoms with van der Waals surface area (Å²) in [5, 5.41) is 16.1. The zero-order valence-electron chi connectivity index (χ0n) is 11.2. The topological polar surface area (TPSA) is 114 Å². The fraction of sp³-hybridized carbons (Fsp3) is 0.250. The second kappa shape index (κ2) is 6.02. The third-order valence-corrected chi connectivity index (χ3v) is 4.39. The van der Waals surface area contributed by atoms with Crippen molar-refractivity contribution < 1.29 is 18.3 Å². The lowest BCUT2D eigenvalue weighted by atomic mass is 10.00. The molecule has 1 unspecified atom stereocenters. The summed E-state index contributed by atoms with van der Waals surface area (Å²) < 4.78 is 27.5. The van der Waals surface area contributed by atoms with E-state index in [1.165, 1.54) is 7.05 Å². The molecule has 0 aliphatic rings. The van der Waals surface area contributed by atoms with E-state index in [0.29, 0.717) is 5.56 Å². The van der Waals surface area contributed by atoms with Crippen LogP contribution in [0, 0.1) is 0 Å². The Morgan fingerprint density at radius 3 is 2.57 bits per heavy atom. The van der Waals surface area contributed by atoms with Gasteiger partial charge in [-0.3, -0.25) is 4.79 Å². The van der Waals surface area contributed by atoms with Crippen LogP contribution < -0.4 is 4.72 Å². The Kier molecular flexibility index (Phi) is 4.34. The first-order valence-corrected chi connectivity index (χ1v) is 7.52. The van der Waals surface area contributed by atoms with Crippen LogP contribution in [-0.2, 0) is 21.9 Å². The van der Waals surface area contributed by atoms with E-state index in [1.54, 1.807) is 30.3 Å². The number of rotatable bonds is 6. The summed E-state index contributed by atoms with van der Waals surface area (Å²) in [4.78, 5) is 11.3. The number of sulfonamides is 1. The Hall–Kier alpha value is -2.26. The third-order valence-electron chi connectivity index (χ3n) is 2.93. The molecule has 21 heavy (non-hydrogen) atoms. The number of nitrogens with one attached hydrogen (secondary N) is 1. The number of hydrogen-bond acceptors (Lipinski definition) is 5. The lowest BCUT2D eigenvalue weighted by Crippen LogP contribution is -2.32. The number of benzene rings is 1. The summed E-state index contributed by atoms with van der Waals surface area (Å²) in [6.07, 6.45) is 1.10. The Morgan fingerprint density at radius 1 is 1.38 bits per heavy atom. The number of nitrogens with zero attached hydrogens (tertiary/aromatic N) is 3. The molecule has 0 amide bonds. The second-order valence-electron chi connectivity index (χ2n) is 4.35. The van der Waals surface area contributed by atoms with Crippen LogP contribution in [0.25, 0.3) is 0 Å². The lowest BCUT2D eigenvalue weighted by Gasteiger charge is -2.13. The molecule has 0 radical (unpaired) electrons. The van der Waals surface area contributed by atoms with Crippen molar-refractivity contribution in [3.63, 3.8) is 0 Å². The van der Waals surface area contributed by atoms with Crippen LogP contribution in [0.3, 0.4) is 0 Å². The molecule has 2 N–H and O–H groups in total. The Bertz CT molecular complexity index is 727. The molecule has 0 bridgehead atoms. The van der Waals surface area contributed by atoms with Gasteiger partial charge in [0.25, 0.3) is 10.0 Å². The molecule has 0 aliphatic heterocycles. The molecule has 9 heteroatoms. The quantitative estimate of drug-likeness (QED) is 0.774. The van der Waals surface area contributed by atoms with Crippen molar-refractivity contribution in [2.24, 2.45) is 7.05 Å². The van der Waals surface area contributed by atoms with Crippen molar-refractivity contribution in [1.29, 1.82) is 0 Å². The maximum Gasteiger partial charge on any atom is 0.312 e. The summed E-state index contributed by atoms with van der Waals surface area (Å²) in [5.41, 5.74) is 0.524. The molecule has 2 rings (SSSR count). The first kappa shape index (κ1) is 15.1. The van der Waals surface area contributed by atoms with Crippen molar-refractivity contribution in [3.8, 4) is 0 Å². The van der Waals surface area contributed by atoms with Crippen LogP contribution in [0.5, 0.6) is 0 Å². The number of aliphatic carboxylic acids is 1. The van der Waals surface area contributed by atoms with E-state index in [9.17, 15) is 18.3 Å². The van der Waals surface area contributed by atoms with Crippen LogP contribution in [-0.4, -0.2) is 41.0 Å². The van der Waals surface area contributed by atoms with Crippen molar-refractivity contribution in [2.75, 3.05) is 6.54 Å². The van der Waals surface area contributed by atoms with E-state index in [2.05, 4.69) is 15.0 Å². The normalized spacial score (nSPS) is 13.0. The monoisotopic (exact) mass is 310 g/mol. The highest BCUT2D eigenvalue weighted by Gasteiger charge is 2.25. The van der Waals surface area contributed by atoms with Crippen LogP contribution in [0.1, 0.15) is 11.5 Å². The van der Waals surface area contributed by atoms with Gasteiger partial charge in [-0.05, 0) is 5.56 Å². The van der Waals surface area contributed by atoms with Gasteiger partial charge in [0.15, 0.2) is 5.03 Å². The number of carboxylic acid groups (broad SMARTS) is 1. The summed E-state index contributed by atoms with van der Waals surface area (Å²) in [6, 6.07) is 8.43. The first-order valence-electron chi connectivity index (χ1n) is 6.04. The number of carboxylic acids is 1. The highest BCUT2D eigenvalue weighted by Crippen LogP contribution is 2.16. The molecule has 2 aromatic rings. The molecule has 0 spiro atoms. The van der Waals surface area contributed by atoms with Gasteiger partial charge in [-0.25, -0.2) is 17.8 Å². The van der Waals surface area contributed by atoms with Gasteiger partial charge in [0, 0.05) is 13.6 Å². The standard InChI is InChI=1S/C12H14N4O4S/c1-16-11(8-13-15-16)21(19,20)14-7-10(12(17)18)9-5-3-2-4-6-9/h2-6,8,10,14H,7H2,1H3,(H,17,18). The number of carbonyl (C=O) groups is 1. The maximum atomic E-state index is 12.1. The van der Waals surface area contributed by atoms with Crippen molar-refractivity contribution >= 4 is 16.0 Å². The number of aromatic nitrogens is 3. The Labute approximate surface area is 121 Å². The number of aryl methyl sites for hydroxylation is 1. The molecule has 0 saturated carbocycles. The average Bonchev–Trinajstić information content (AvgIpc) is 2.87. The molecule has 1 aromatic carbocycles. The molecule has 0 aliphatic carbocycles. The van der Waals surface area contributed by atoms with E-state index in [-0.39, 0.29) is 11.6 Å². The van der Waals surface area contributed by atoms with Gasteiger partial charge in [-0.1, -0.05) is 35.5 Å². The predicted octanol–water partition coefficient (Wildman–Crippen LogP) is -0.0382. The van der Waals surface area contributed by atoms with E-state index in [1.807, 2.05) is 0 Å².